The third-order valence-electron chi connectivity index (χ3n) is 5.07. The number of phenolic OH excluding ortho intramolecular Hbond substituents is 1. The second kappa shape index (κ2) is 12.2. The number of aromatic hydroxyl groups is 1. The van der Waals surface area contributed by atoms with Gasteiger partial charge in [0.15, 0.2) is 5.96 Å². The van der Waals surface area contributed by atoms with Gasteiger partial charge in [0.25, 0.3) is 0 Å². The van der Waals surface area contributed by atoms with Crippen LogP contribution in [0.1, 0.15) is 5.56 Å². The number of guanidine groups is 1. The van der Waals surface area contributed by atoms with Crippen LogP contribution in [0.4, 0.5) is 5.69 Å². The van der Waals surface area contributed by atoms with Gasteiger partial charge >= 0.3 is 0 Å². The molecule has 2 aromatic rings. The fourth-order valence-corrected chi connectivity index (χ4v) is 3.39. The number of ether oxygens (including phenoxy) is 1. The van der Waals surface area contributed by atoms with E-state index in [-0.39, 0.29) is 36.4 Å². The van der Waals surface area contributed by atoms with Gasteiger partial charge in [-0.1, -0.05) is 24.3 Å². The number of rotatable bonds is 6. The first kappa shape index (κ1) is 24.6. The van der Waals surface area contributed by atoms with E-state index in [1.165, 1.54) is 0 Å². The van der Waals surface area contributed by atoms with E-state index in [9.17, 15) is 9.90 Å². The summed E-state index contributed by atoms with van der Waals surface area (Å²) >= 11 is 0. The summed E-state index contributed by atoms with van der Waals surface area (Å²) in [6, 6.07) is 15.0. The number of nitrogens with zero attached hydrogens (tertiary/aromatic N) is 3. The lowest BCUT2D eigenvalue weighted by Gasteiger charge is -2.37. The minimum Gasteiger partial charge on any atom is -0.506 e. The van der Waals surface area contributed by atoms with Crippen molar-refractivity contribution in [2.24, 2.45) is 4.99 Å². The second-order valence-corrected chi connectivity index (χ2v) is 6.99. The standard InChI is InChI=1S/C22H29N5O3.HI/c1-23-22(25-16-21(29)24-15-17-7-9-18(30-2)10-8-17)27-13-11-26(12-14-27)19-5-3-4-6-20(19)28;/h3-10,28H,11-16H2,1-2H3,(H,23,25)(H,24,29);1H. The van der Waals surface area contributed by atoms with E-state index in [0.717, 1.165) is 43.2 Å². The summed E-state index contributed by atoms with van der Waals surface area (Å²) in [4.78, 5) is 20.8. The van der Waals surface area contributed by atoms with Gasteiger partial charge in [-0.2, -0.15) is 0 Å². The highest BCUT2D eigenvalue weighted by Gasteiger charge is 2.21. The van der Waals surface area contributed by atoms with Gasteiger partial charge in [-0.05, 0) is 29.8 Å². The van der Waals surface area contributed by atoms with Gasteiger partial charge < -0.3 is 30.3 Å². The van der Waals surface area contributed by atoms with Gasteiger partial charge in [-0.25, -0.2) is 0 Å². The van der Waals surface area contributed by atoms with Crippen molar-refractivity contribution in [2.45, 2.75) is 6.54 Å². The third kappa shape index (κ3) is 6.91. The van der Waals surface area contributed by atoms with Crippen molar-refractivity contribution in [3.8, 4) is 11.5 Å². The van der Waals surface area contributed by atoms with Crippen molar-refractivity contribution in [2.75, 3.05) is 51.8 Å². The van der Waals surface area contributed by atoms with Crippen molar-refractivity contribution in [3.05, 3.63) is 54.1 Å². The number of piperazine rings is 1. The zero-order valence-electron chi connectivity index (χ0n) is 17.9. The quantitative estimate of drug-likeness (QED) is 0.296. The summed E-state index contributed by atoms with van der Waals surface area (Å²) < 4.78 is 5.14. The smallest absolute Gasteiger partial charge is 0.239 e. The van der Waals surface area contributed by atoms with E-state index in [0.29, 0.717) is 18.3 Å². The number of aliphatic imine (C=N–C) groups is 1. The van der Waals surface area contributed by atoms with Crippen LogP contribution in [0, 0.1) is 0 Å². The first-order valence-electron chi connectivity index (χ1n) is 9.99. The van der Waals surface area contributed by atoms with Gasteiger partial charge in [0, 0.05) is 39.8 Å². The lowest BCUT2D eigenvalue weighted by molar-refractivity contribution is -0.120. The van der Waals surface area contributed by atoms with Gasteiger partial charge in [0.2, 0.25) is 5.91 Å². The van der Waals surface area contributed by atoms with Crippen LogP contribution in [0.25, 0.3) is 0 Å². The molecule has 0 aliphatic carbocycles. The maximum absolute atomic E-state index is 12.2. The number of carbonyl (C=O) groups excluding carboxylic acids is 1. The maximum Gasteiger partial charge on any atom is 0.239 e. The molecule has 0 spiro atoms. The molecule has 0 saturated carbocycles. The number of anilines is 1. The Hall–Kier alpha value is -2.69. The Balaban J connectivity index is 0.00000341. The minimum absolute atomic E-state index is 0. The molecule has 3 N–H and O–H groups in total. The van der Waals surface area contributed by atoms with Crippen LogP contribution in [0.3, 0.4) is 0 Å². The molecule has 8 nitrogen and oxygen atoms in total. The predicted octanol–water partition coefficient (Wildman–Crippen LogP) is 2.03. The molecule has 1 aliphatic heterocycles. The molecule has 1 heterocycles. The molecule has 0 aromatic heterocycles. The molecule has 1 amide bonds. The zero-order chi connectivity index (χ0) is 21.3. The molecule has 1 aliphatic rings. The maximum atomic E-state index is 12.2. The van der Waals surface area contributed by atoms with E-state index in [1.54, 1.807) is 20.2 Å². The highest BCUT2D eigenvalue weighted by Crippen LogP contribution is 2.27. The van der Waals surface area contributed by atoms with Gasteiger partial charge in [0.1, 0.15) is 11.5 Å². The average Bonchev–Trinajstić information content (AvgIpc) is 2.79. The molecule has 0 bridgehead atoms. The molecule has 168 valence electrons. The summed E-state index contributed by atoms with van der Waals surface area (Å²) in [5, 5.41) is 16.1. The van der Waals surface area contributed by atoms with Crippen molar-refractivity contribution in [3.63, 3.8) is 0 Å². The summed E-state index contributed by atoms with van der Waals surface area (Å²) in [7, 11) is 3.34. The molecular weight excluding hydrogens is 509 g/mol. The van der Waals surface area contributed by atoms with E-state index in [1.807, 2.05) is 42.5 Å². The van der Waals surface area contributed by atoms with Crippen LogP contribution in [-0.2, 0) is 11.3 Å². The predicted molar refractivity (Wildman–Crippen MR) is 134 cm³/mol. The fraction of sp³-hybridized carbons (Fsp3) is 0.364. The van der Waals surface area contributed by atoms with Crippen molar-refractivity contribution in [1.29, 1.82) is 0 Å². The van der Waals surface area contributed by atoms with Gasteiger partial charge in [-0.3, -0.25) is 9.79 Å². The number of halogens is 1. The molecule has 3 rings (SSSR count). The third-order valence-corrected chi connectivity index (χ3v) is 5.07. The van der Waals surface area contributed by atoms with Crippen molar-refractivity contribution in [1.82, 2.24) is 15.5 Å². The average molecular weight is 539 g/mol. The number of carbonyl (C=O) groups is 1. The fourth-order valence-electron chi connectivity index (χ4n) is 3.39. The van der Waals surface area contributed by atoms with Gasteiger partial charge in [0.05, 0.1) is 19.3 Å². The van der Waals surface area contributed by atoms with Crippen LogP contribution in [0.5, 0.6) is 11.5 Å². The monoisotopic (exact) mass is 539 g/mol. The Morgan fingerprint density at radius 3 is 2.35 bits per heavy atom. The number of para-hydroxylation sites is 2. The summed E-state index contributed by atoms with van der Waals surface area (Å²) in [5.41, 5.74) is 1.85. The molecule has 2 aromatic carbocycles. The highest BCUT2D eigenvalue weighted by atomic mass is 127. The Morgan fingerprint density at radius 1 is 1.06 bits per heavy atom. The molecule has 1 saturated heterocycles. The van der Waals surface area contributed by atoms with Crippen LogP contribution < -0.4 is 20.3 Å². The lowest BCUT2D eigenvalue weighted by Crippen LogP contribution is -2.53. The molecule has 0 atom stereocenters. The summed E-state index contributed by atoms with van der Waals surface area (Å²) in [6.45, 7) is 3.65. The molecule has 9 heteroatoms. The number of phenols is 1. The summed E-state index contributed by atoms with van der Waals surface area (Å²) in [5.74, 6) is 1.69. The lowest BCUT2D eigenvalue weighted by atomic mass is 10.2. The normalized spacial score (nSPS) is 13.9. The van der Waals surface area contributed by atoms with Crippen LogP contribution >= 0.6 is 24.0 Å². The molecule has 31 heavy (non-hydrogen) atoms. The highest BCUT2D eigenvalue weighted by molar-refractivity contribution is 14.0. The topological polar surface area (TPSA) is 89.4 Å². The van der Waals surface area contributed by atoms with E-state index >= 15 is 0 Å². The minimum atomic E-state index is -0.0974. The Bertz CT molecular complexity index is 868. The van der Waals surface area contributed by atoms with Crippen LogP contribution in [0.15, 0.2) is 53.5 Å². The molecule has 0 unspecified atom stereocenters. The zero-order valence-corrected chi connectivity index (χ0v) is 20.2. The van der Waals surface area contributed by atoms with E-state index < -0.39 is 0 Å². The van der Waals surface area contributed by atoms with Crippen molar-refractivity contribution < 1.29 is 14.6 Å². The first-order chi connectivity index (χ1) is 14.6. The number of amides is 1. The number of hydrogen-bond donors (Lipinski definition) is 3. The van der Waals surface area contributed by atoms with E-state index in [2.05, 4.69) is 25.4 Å². The SMILES string of the molecule is CN=C(NCC(=O)NCc1ccc(OC)cc1)N1CCN(c2ccccc2O)CC1.I. The Morgan fingerprint density at radius 2 is 1.74 bits per heavy atom. The number of benzene rings is 2. The van der Waals surface area contributed by atoms with Crippen LogP contribution in [0.2, 0.25) is 0 Å². The Kier molecular flexibility index (Phi) is 9.70. The largest absolute Gasteiger partial charge is 0.506 e. The number of nitrogens with one attached hydrogen (secondary N) is 2. The first-order valence-corrected chi connectivity index (χ1v) is 9.99. The molecular formula is C22H30IN5O3. The Labute approximate surface area is 200 Å². The molecule has 0 radical (unpaired) electrons. The van der Waals surface area contributed by atoms with E-state index in [4.69, 9.17) is 4.74 Å². The van der Waals surface area contributed by atoms with Crippen molar-refractivity contribution >= 4 is 41.5 Å². The number of hydrogen-bond acceptors (Lipinski definition) is 5. The second-order valence-electron chi connectivity index (χ2n) is 6.99. The number of methoxy groups -OCH3 is 1. The van der Waals surface area contributed by atoms with Gasteiger partial charge in [-0.15, -0.1) is 24.0 Å². The molecule has 1 fully saturated rings. The van der Waals surface area contributed by atoms with Crippen LogP contribution in [-0.4, -0.2) is 68.8 Å². The summed E-state index contributed by atoms with van der Waals surface area (Å²) in [6.07, 6.45) is 0.